The lowest BCUT2D eigenvalue weighted by atomic mass is 10.1. The van der Waals surface area contributed by atoms with E-state index in [4.69, 9.17) is 0 Å². The third-order valence-electron chi connectivity index (χ3n) is 2.70. The quantitative estimate of drug-likeness (QED) is 0.875. The molecule has 0 aromatic carbocycles. The number of imidazole rings is 1. The summed E-state index contributed by atoms with van der Waals surface area (Å²) in [6.07, 6.45) is 5.35. The standard InChI is InChI=1S/C12H20N6/c1-12(2,3)15-7-10-13-5-6-18(10)8-11-14-9-16-17(11)4/h5-6,9,15H,7-8H2,1-4H3. The third kappa shape index (κ3) is 3.16. The summed E-state index contributed by atoms with van der Waals surface area (Å²) >= 11 is 0. The largest absolute Gasteiger partial charge is 0.326 e. The maximum Gasteiger partial charge on any atom is 0.146 e. The van der Waals surface area contributed by atoms with Crippen molar-refractivity contribution in [2.75, 3.05) is 0 Å². The number of hydrogen-bond donors (Lipinski definition) is 1. The maximum atomic E-state index is 4.37. The number of nitrogens with one attached hydrogen (secondary N) is 1. The summed E-state index contributed by atoms with van der Waals surface area (Å²) in [5, 5.41) is 7.50. The molecular weight excluding hydrogens is 228 g/mol. The van der Waals surface area contributed by atoms with Gasteiger partial charge in [0.1, 0.15) is 18.0 Å². The molecule has 0 amide bonds. The van der Waals surface area contributed by atoms with Crippen molar-refractivity contribution in [2.24, 2.45) is 7.05 Å². The molecule has 0 aliphatic heterocycles. The Morgan fingerprint density at radius 1 is 1.22 bits per heavy atom. The molecule has 6 heteroatoms. The molecule has 0 saturated carbocycles. The molecule has 0 saturated heterocycles. The second-order valence-corrected chi connectivity index (χ2v) is 5.37. The highest BCUT2D eigenvalue weighted by Crippen LogP contribution is 2.05. The van der Waals surface area contributed by atoms with E-state index in [1.807, 2.05) is 19.4 Å². The van der Waals surface area contributed by atoms with E-state index in [0.29, 0.717) is 6.54 Å². The Hall–Kier alpha value is -1.69. The summed E-state index contributed by atoms with van der Waals surface area (Å²) in [6, 6.07) is 0. The van der Waals surface area contributed by atoms with E-state index >= 15 is 0 Å². The first-order valence-electron chi connectivity index (χ1n) is 6.03. The summed E-state index contributed by atoms with van der Waals surface area (Å²) in [5.74, 6) is 1.93. The van der Waals surface area contributed by atoms with Crippen LogP contribution in [0, 0.1) is 0 Å². The van der Waals surface area contributed by atoms with E-state index < -0.39 is 0 Å². The molecule has 2 aromatic rings. The molecule has 18 heavy (non-hydrogen) atoms. The van der Waals surface area contributed by atoms with Crippen molar-refractivity contribution in [3.05, 3.63) is 30.4 Å². The molecule has 0 aliphatic rings. The predicted molar refractivity (Wildman–Crippen MR) is 68.9 cm³/mol. The van der Waals surface area contributed by atoms with Crippen LogP contribution in [0.25, 0.3) is 0 Å². The average molecular weight is 248 g/mol. The zero-order chi connectivity index (χ0) is 13.2. The van der Waals surface area contributed by atoms with Gasteiger partial charge < -0.3 is 9.88 Å². The van der Waals surface area contributed by atoms with Crippen LogP contribution in [0.4, 0.5) is 0 Å². The van der Waals surface area contributed by atoms with Gasteiger partial charge in [0.25, 0.3) is 0 Å². The monoisotopic (exact) mass is 248 g/mol. The van der Waals surface area contributed by atoms with Crippen molar-refractivity contribution in [1.82, 2.24) is 29.6 Å². The Bertz CT molecular complexity index is 505. The summed E-state index contributed by atoms with van der Waals surface area (Å²) in [7, 11) is 1.90. The van der Waals surface area contributed by atoms with Crippen LogP contribution in [-0.2, 0) is 20.1 Å². The summed E-state index contributed by atoms with van der Waals surface area (Å²) in [4.78, 5) is 8.60. The average Bonchev–Trinajstić information content (AvgIpc) is 2.86. The van der Waals surface area contributed by atoms with E-state index in [0.717, 1.165) is 18.2 Å². The van der Waals surface area contributed by atoms with E-state index in [1.165, 1.54) is 0 Å². The fourth-order valence-electron chi connectivity index (χ4n) is 1.61. The van der Waals surface area contributed by atoms with Crippen LogP contribution in [0.3, 0.4) is 0 Å². The van der Waals surface area contributed by atoms with Crippen LogP contribution in [0.15, 0.2) is 18.7 Å². The molecule has 1 N–H and O–H groups in total. The molecule has 2 rings (SSSR count). The van der Waals surface area contributed by atoms with E-state index in [-0.39, 0.29) is 5.54 Å². The molecule has 0 atom stereocenters. The molecule has 98 valence electrons. The molecule has 0 radical (unpaired) electrons. The van der Waals surface area contributed by atoms with Crippen molar-refractivity contribution < 1.29 is 0 Å². The fourth-order valence-corrected chi connectivity index (χ4v) is 1.61. The fraction of sp³-hybridized carbons (Fsp3) is 0.583. The Balaban J connectivity index is 2.06. The minimum atomic E-state index is 0.0849. The number of aromatic nitrogens is 5. The Morgan fingerprint density at radius 3 is 2.61 bits per heavy atom. The number of rotatable bonds is 4. The van der Waals surface area contributed by atoms with Crippen LogP contribution in [-0.4, -0.2) is 29.9 Å². The second-order valence-electron chi connectivity index (χ2n) is 5.37. The maximum absolute atomic E-state index is 4.37. The zero-order valence-electron chi connectivity index (χ0n) is 11.4. The van der Waals surface area contributed by atoms with Gasteiger partial charge in [-0.25, -0.2) is 9.97 Å². The molecule has 0 bridgehead atoms. The van der Waals surface area contributed by atoms with Crippen LogP contribution in [0.5, 0.6) is 0 Å². The topological polar surface area (TPSA) is 60.6 Å². The lowest BCUT2D eigenvalue weighted by Gasteiger charge is -2.20. The van der Waals surface area contributed by atoms with Crippen molar-refractivity contribution in [3.8, 4) is 0 Å². The molecule has 0 fully saturated rings. The van der Waals surface area contributed by atoms with Crippen molar-refractivity contribution in [2.45, 2.75) is 39.4 Å². The Morgan fingerprint density at radius 2 is 2.00 bits per heavy atom. The lowest BCUT2D eigenvalue weighted by Crippen LogP contribution is -2.36. The van der Waals surface area contributed by atoms with Crippen LogP contribution in [0.2, 0.25) is 0 Å². The van der Waals surface area contributed by atoms with Gasteiger partial charge in [-0.2, -0.15) is 5.10 Å². The summed E-state index contributed by atoms with van der Waals surface area (Å²) in [6.45, 7) is 7.86. The predicted octanol–water partition coefficient (Wildman–Crippen LogP) is 0.948. The SMILES string of the molecule is Cn1ncnc1Cn1ccnc1CNC(C)(C)C. The van der Waals surface area contributed by atoms with E-state index in [9.17, 15) is 0 Å². The Kier molecular flexibility index (Phi) is 3.47. The molecule has 6 nitrogen and oxygen atoms in total. The highest BCUT2D eigenvalue weighted by atomic mass is 15.3. The summed E-state index contributed by atoms with van der Waals surface area (Å²) < 4.78 is 3.86. The van der Waals surface area contributed by atoms with E-state index in [1.54, 1.807) is 11.0 Å². The van der Waals surface area contributed by atoms with E-state index in [2.05, 4.69) is 45.7 Å². The molecule has 0 aliphatic carbocycles. The van der Waals surface area contributed by atoms with Gasteiger partial charge in [-0.1, -0.05) is 0 Å². The lowest BCUT2D eigenvalue weighted by molar-refractivity contribution is 0.412. The van der Waals surface area contributed by atoms with Crippen LogP contribution < -0.4 is 5.32 Å². The first-order valence-corrected chi connectivity index (χ1v) is 6.03. The number of hydrogen-bond acceptors (Lipinski definition) is 4. The van der Waals surface area contributed by atoms with Gasteiger partial charge in [-0.05, 0) is 20.8 Å². The van der Waals surface area contributed by atoms with Crippen LogP contribution in [0.1, 0.15) is 32.4 Å². The number of aryl methyl sites for hydroxylation is 1. The van der Waals surface area contributed by atoms with Gasteiger partial charge in [-0.3, -0.25) is 4.68 Å². The third-order valence-corrected chi connectivity index (χ3v) is 2.70. The zero-order valence-corrected chi connectivity index (χ0v) is 11.4. The van der Waals surface area contributed by atoms with Crippen molar-refractivity contribution >= 4 is 0 Å². The van der Waals surface area contributed by atoms with Crippen molar-refractivity contribution in [1.29, 1.82) is 0 Å². The first-order chi connectivity index (χ1) is 8.46. The summed E-state index contributed by atoms with van der Waals surface area (Å²) in [5.41, 5.74) is 0.0849. The van der Waals surface area contributed by atoms with Gasteiger partial charge in [0, 0.05) is 25.0 Å². The van der Waals surface area contributed by atoms with Gasteiger partial charge in [-0.15, -0.1) is 0 Å². The highest BCUT2D eigenvalue weighted by Gasteiger charge is 2.12. The second kappa shape index (κ2) is 4.89. The van der Waals surface area contributed by atoms with Gasteiger partial charge in [0.2, 0.25) is 0 Å². The molecule has 0 unspecified atom stereocenters. The molecule has 0 spiro atoms. The van der Waals surface area contributed by atoms with Gasteiger partial charge >= 0.3 is 0 Å². The Labute approximate surface area is 107 Å². The number of nitrogens with zero attached hydrogens (tertiary/aromatic N) is 5. The normalized spacial score (nSPS) is 12.0. The minimum absolute atomic E-state index is 0.0849. The van der Waals surface area contributed by atoms with Gasteiger partial charge in [0.05, 0.1) is 13.1 Å². The highest BCUT2D eigenvalue weighted by molar-refractivity contribution is 4.97. The van der Waals surface area contributed by atoms with Crippen molar-refractivity contribution in [3.63, 3.8) is 0 Å². The van der Waals surface area contributed by atoms with Gasteiger partial charge in [0.15, 0.2) is 0 Å². The van der Waals surface area contributed by atoms with Crippen LogP contribution >= 0.6 is 0 Å². The smallest absolute Gasteiger partial charge is 0.146 e. The molecule has 2 heterocycles. The minimum Gasteiger partial charge on any atom is -0.326 e. The molecule has 2 aromatic heterocycles. The molecular formula is C12H20N6. The first kappa shape index (κ1) is 12.8.